The van der Waals surface area contributed by atoms with Crippen LogP contribution in [0, 0.1) is 0 Å². The Labute approximate surface area is 68.8 Å². The third-order valence-electron chi connectivity index (χ3n) is 0.532. The van der Waals surface area contributed by atoms with E-state index in [2.05, 4.69) is 5.73 Å². The average molecular weight is 184 g/mol. The van der Waals surface area contributed by atoms with E-state index in [9.17, 15) is 9.59 Å². The van der Waals surface area contributed by atoms with E-state index in [1.165, 1.54) is 0 Å². The van der Waals surface area contributed by atoms with Crippen molar-refractivity contribution in [2.45, 2.75) is 13.0 Å². The molecule has 0 heterocycles. The van der Waals surface area contributed by atoms with Gasteiger partial charge in [-0.25, -0.2) is 9.59 Å². The number of rotatable bonds is 2. The van der Waals surface area contributed by atoms with Gasteiger partial charge >= 0.3 is 11.9 Å². The van der Waals surface area contributed by atoms with Crippen molar-refractivity contribution < 1.29 is 19.8 Å². The zero-order valence-electron chi connectivity index (χ0n) is 5.95. The molecule has 0 saturated heterocycles. The molecule has 5 nitrogen and oxygen atoms in total. The summed E-state index contributed by atoms with van der Waals surface area (Å²) in [5, 5.41) is 15.7. The van der Waals surface area contributed by atoms with E-state index in [1.54, 1.807) is 0 Å². The first-order valence-electron chi connectivity index (χ1n) is 2.74. The second kappa shape index (κ2) is 7.30. The molecule has 0 aromatic heterocycles. The van der Waals surface area contributed by atoms with Gasteiger partial charge in [-0.05, 0) is 0 Å². The van der Waals surface area contributed by atoms with Crippen molar-refractivity contribution in [2.24, 2.45) is 5.73 Å². The summed E-state index contributed by atoms with van der Waals surface area (Å²) in [7, 11) is 0. The molecule has 0 aliphatic heterocycles. The average Bonchev–Trinajstić information content (AvgIpc) is 1.87. The second-order valence-corrected chi connectivity index (χ2v) is 1.96. The smallest absolute Gasteiger partial charge is 0.332 e. The second-order valence-electron chi connectivity index (χ2n) is 1.42. The molecule has 0 rings (SSSR count). The molecule has 66 valence electrons. The third-order valence-corrected chi connectivity index (χ3v) is 0.532. The lowest BCUT2D eigenvalue weighted by molar-refractivity contribution is -0.149. The highest BCUT2D eigenvalue weighted by molar-refractivity contribution is 6.17. The van der Waals surface area contributed by atoms with Gasteiger partial charge in [-0.3, -0.25) is 0 Å². The third kappa shape index (κ3) is 9.19. The summed E-state index contributed by atoms with van der Waals surface area (Å²) in [4.78, 5) is 19.3. The molecule has 0 aromatic carbocycles. The minimum absolute atomic E-state index is 0.722. The Morgan fingerprint density at radius 1 is 1.45 bits per heavy atom. The highest BCUT2D eigenvalue weighted by atomic mass is 35.5. The lowest BCUT2D eigenvalue weighted by atomic mass is 10.3. The van der Waals surface area contributed by atoms with E-state index in [1.807, 2.05) is 6.92 Å². The maximum Gasteiger partial charge on any atom is 0.332 e. The first kappa shape index (κ1) is 12.8. The van der Waals surface area contributed by atoms with Crippen molar-refractivity contribution in [2.75, 3.05) is 5.88 Å². The van der Waals surface area contributed by atoms with Crippen LogP contribution in [0.3, 0.4) is 0 Å². The fourth-order valence-corrected chi connectivity index (χ4v) is 0.106. The highest BCUT2D eigenvalue weighted by Gasteiger charge is 2.18. The van der Waals surface area contributed by atoms with Crippen LogP contribution in [-0.4, -0.2) is 34.1 Å². The van der Waals surface area contributed by atoms with Crippen LogP contribution in [0.2, 0.25) is 0 Å². The molecule has 0 radical (unpaired) electrons. The maximum absolute atomic E-state index is 9.63. The van der Waals surface area contributed by atoms with Crippen LogP contribution in [0.25, 0.3) is 0 Å². The number of carboxylic acid groups (broad SMARTS) is 2. The summed E-state index contributed by atoms with van der Waals surface area (Å²) in [6.07, 6.45) is 0. The molecule has 0 unspecified atom stereocenters. The standard InChI is InChI=1S/C3H5NO4.C2H5Cl/c4-1(2(5)6)3(7)8;1-2-3/h1H,4H2,(H,5,6)(H,7,8);2H2,1H3. The van der Waals surface area contributed by atoms with Crippen molar-refractivity contribution in [3.05, 3.63) is 0 Å². The van der Waals surface area contributed by atoms with E-state index in [4.69, 9.17) is 21.8 Å². The van der Waals surface area contributed by atoms with Gasteiger partial charge in [-0.1, -0.05) is 6.92 Å². The molecule has 4 N–H and O–H groups in total. The lowest BCUT2D eigenvalue weighted by Gasteiger charge is -1.95. The Hall–Kier alpha value is -0.810. The number of nitrogens with two attached hydrogens (primary N) is 1. The van der Waals surface area contributed by atoms with Crippen molar-refractivity contribution >= 4 is 23.5 Å². The zero-order valence-corrected chi connectivity index (χ0v) is 6.71. The largest absolute Gasteiger partial charge is 0.480 e. The predicted octanol–water partition coefficient (Wildman–Crippen LogP) is -0.272. The van der Waals surface area contributed by atoms with Gasteiger partial charge < -0.3 is 15.9 Å². The first-order valence-corrected chi connectivity index (χ1v) is 3.28. The van der Waals surface area contributed by atoms with Crippen molar-refractivity contribution in [1.29, 1.82) is 0 Å². The molecule has 0 aliphatic rings. The number of carbonyl (C=O) groups is 2. The summed E-state index contributed by atoms with van der Waals surface area (Å²) in [5.41, 5.74) is 4.56. The van der Waals surface area contributed by atoms with Crippen LogP contribution < -0.4 is 5.73 Å². The number of hydrogen-bond acceptors (Lipinski definition) is 3. The first-order chi connectivity index (χ1) is 4.97. The molecular weight excluding hydrogens is 174 g/mol. The number of carboxylic acids is 2. The molecule has 0 amide bonds. The quantitative estimate of drug-likeness (QED) is 0.404. The maximum atomic E-state index is 9.63. The summed E-state index contributed by atoms with van der Waals surface area (Å²) in [6.45, 7) is 1.89. The van der Waals surface area contributed by atoms with E-state index < -0.39 is 18.0 Å². The van der Waals surface area contributed by atoms with Crippen molar-refractivity contribution in [1.82, 2.24) is 0 Å². The van der Waals surface area contributed by atoms with Gasteiger partial charge in [0.25, 0.3) is 0 Å². The van der Waals surface area contributed by atoms with E-state index >= 15 is 0 Å². The molecule has 0 aliphatic carbocycles. The Morgan fingerprint density at radius 2 is 1.64 bits per heavy atom. The molecular formula is C5H10ClNO4. The van der Waals surface area contributed by atoms with Crippen LogP contribution in [0.4, 0.5) is 0 Å². The van der Waals surface area contributed by atoms with Crippen molar-refractivity contribution in [3.63, 3.8) is 0 Å². The van der Waals surface area contributed by atoms with Crippen LogP contribution in [0.1, 0.15) is 6.92 Å². The van der Waals surface area contributed by atoms with Gasteiger partial charge in [-0.2, -0.15) is 0 Å². The summed E-state index contributed by atoms with van der Waals surface area (Å²) in [5.74, 6) is -2.34. The summed E-state index contributed by atoms with van der Waals surface area (Å²) in [6, 6.07) is -1.80. The van der Waals surface area contributed by atoms with Crippen LogP contribution in [0.15, 0.2) is 0 Å². The number of aliphatic carboxylic acids is 2. The Morgan fingerprint density at radius 3 is 1.64 bits per heavy atom. The van der Waals surface area contributed by atoms with E-state index in [0.717, 1.165) is 5.88 Å². The normalized spacial score (nSPS) is 8.36. The zero-order chi connectivity index (χ0) is 9.44. The summed E-state index contributed by atoms with van der Waals surface area (Å²) < 4.78 is 0. The molecule has 0 fully saturated rings. The topological polar surface area (TPSA) is 101 Å². The Bertz CT molecular complexity index is 124. The van der Waals surface area contributed by atoms with Gasteiger partial charge in [0.15, 0.2) is 0 Å². The van der Waals surface area contributed by atoms with Crippen molar-refractivity contribution in [3.8, 4) is 0 Å². The highest BCUT2D eigenvalue weighted by Crippen LogP contribution is 1.74. The fraction of sp³-hybridized carbons (Fsp3) is 0.600. The van der Waals surface area contributed by atoms with E-state index in [-0.39, 0.29) is 0 Å². The minimum atomic E-state index is -1.80. The molecule has 0 atom stereocenters. The van der Waals surface area contributed by atoms with Crippen LogP contribution >= 0.6 is 11.6 Å². The molecule has 0 saturated carbocycles. The molecule has 0 bridgehead atoms. The lowest BCUT2D eigenvalue weighted by Crippen LogP contribution is -2.38. The van der Waals surface area contributed by atoms with Gasteiger partial charge in [0.1, 0.15) is 0 Å². The van der Waals surface area contributed by atoms with E-state index in [0.29, 0.717) is 0 Å². The Kier molecular flexibility index (Phi) is 8.51. The van der Waals surface area contributed by atoms with Crippen LogP contribution in [0.5, 0.6) is 0 Å². The number of hydrogen-bond donors (Lipinski definition) is 3. The number of alkyl halides is 1. The number of halogens is 1. The molecule has 0 spiro atoms. The monoisotopic (exact) mass is 183 g/mol. The van der Waals surface area contributed by atoms with Gasteiger partial charge in [0.05, 0.1) is 0 Å². The minimum Gasteiger partial charge on any atom is -0.480 e. The SMILES string of the molecule is CCCl.NC(C(=O)O)C(=O)O. The van der Waals surface area contributed by atoms with Gasteiger partial charge in [0, 0.05) is 5.88 Å². The van der Waals surface area contributed by atoms with Crippen LogP contribution in [-0.2, 0) is 9.59 Å². The summed E-state index contributed by atoms with van der Waals surface area (Å²) >= 11 is 5.00. The molecule has 6 heteroatoms. The van der Waals surface area contributed by atoms with Gasteiger partial charge in [-0.15, -0.1) is 11.6 Å². The molecule has 0 aromatic rings. The predicted molar refractivity (Wildman–Crippen MR) is 39.6 cm³/mol. The Balaban J connectivity index is 0. The van der Waals surface area contributed by atoms with Gasteiger partial charge in [0.2, 0.25) is 6.04 Å². The molecule has 11 heavy (non-hydrogen) atoms. The fourth-order valence-electron chi connectivity index (χ4n) is 0.106.